The van der Waals surface area contributed by atoms with Crippen molar-refractivity contribution in [3.8, 4) is 0 Å². The number of hydrogen-bond donors (Lipinski definition) is 0. The molecule has 0 spiro atoms. The molecule has 0 N–H and O–H groups in total. The van der Waals surface area contributed by atoms with Gasteiger partial charge in [0.05, 0.1) is 5.56 Å². The summed E-state index contributed by atoms with van der Waals surface area (Å²) in [5.41, 5.74) is -0.519. The summed E-state index contributed by atoms with van der Waals surface area (Å²) in [5.74, 6) is -1.60. The minimum atomic E-state index is -4.46. The van der Waals surface area contributed by atoms with E-state index >= 15 is 0 Å². The van der Waals surface area contributed by atoms with Crippen molar-refractivity contribution in [2.75, 3.05) is 6.61 Å². The number of rotatable bonds is 5. The molecule has 0 aromatic heterocycles. The molecule has 0 amide bonds. The Balaban J connectivity index is 2.50. The molecule has 0 aliphatic carbocycles. The molecule has 0 atom stereocenters. The van der Waals surface area contributed by atoms with Crippen molar-refractivity contribution >= 4 is 11.9 Å². The average molecular weight is 302 g/mol. The van der Waals surface area contributed by atoms with Gasteiger partial charge in [-0.1, -0.05) is 18.7 Å². The van der Waals surface area contributed by atoms with Gasteiger partial charge in [-0.05, 0) is 24.6 Å². The highest BCUT2D eigenvalue weighted by Crippen LogP contribution is 2.29. The van der Waals surface area contributed by atoms with Crippen LogP contribution < -0.4 is 0 Å². The number of carbonyl (C=O) groups excluding carboxylic acids is 2. The lowest BCUT2D eigenvalue weighted by molar-refractivity contribution is -0.157. The molecule has 21 heavy (non-hydrogen) atoms. The van der Waals surface area contributed by atoms with Gasteiger partial charge in [0.15, 0.2) is 6.61 Å². The number of alkyl halides is 3. The summed E-state index contributed by atoms with van der Waals surface area (Å²) in [4.78, 5) is 22.3. The molecule has 4 nitrogen and oxygen atoms in total. The van der Waals surface area contributed by atoms with Crippen LogP contribution in [0.2, 0.25) is 0 Å². The minimum Gasteiger partial charge on any atom is -0.458 e. The largest absolute Gasteiger partial charge is 0.458 e. The van der Waals surface area contributed by atoms with E-state index in [1.165, 1.54) is 19.1 Å². The highest BCUT2D eigenvalue weighted by Gasteiger charge is 2.30. The van der Waals surface area contributed by atoms with E-state index in [1.807, 2.05) is 0 Å². The summed E-state index contributed by atoms with van der Waals surface area (Å²) >= 11 is 0. The van der Waals surface area contributed by atoms with Crippen molar-refractivity contribution in [1.82, 2.24) is 0 Å². The van der Waals surface area contributed by atoms with E-state index in [-0.39, 0.29) is 17.7 Å². The molecule has 0 unspecified atom stereocenters. The number of carbonyl (C=O) groups is 2. The maximum Gasteiger partial charge on any atom is 0.416 e. The van der Waals surface area contributed by atoms with Crippen LogP contribution in [-0.2, 0) is 31.8 Å². The lowest BCUT2D eigenvalue weighted by atomic mass is 10.1. The zero-order valence-electron chi connectivity index (χ0n) is 11.2. The van der Waals surface area contributed by atoms with Crippen molar-refractivity contribution in [1.29, 1.82) is 0 Å². The van der Waals surface area contributed by atoms with E-state index in [4.69, 9.17) is 4.74 Å². The molecule has 1 rings (SSSR count). The first-order chi connectivity index (χ1) is 9.70. The minimum absolute atomic E-state index is 0.126. The molecule has 0 heterocycles. The van der Waals surface area contributed by atoms with Gasteiger partial charge in [0.1, 0.15) is 6.61 Å². The van der Waals surface area contributed by atoms with E-state index in [0.29, 0.717) is 0 Å². The first-order valence-electron chi connectivity index (χ1n) is 5.84. The van der Waals surface area contributed by atoms with Crippen molar-refractivity contribution in [3.05, 3.63) is 47.5 Å². The van der Waals surface area contributed by atoms with Crippen LogP contribution in [0.5, 0.6) is 0 Å². The van der Waals surface area contributed by atoms with E-state index in [9.17, 15) is 22.8 Å². The molecule has 0 saturated carbocycles. The van der Waals surface area contributed by atoms with Crippen LogP contribution >= 0.6 is 0 Å². The maximum absolute atomic E-state index is 12.5. The smallest absolute Gasteiger partial charge is 0.416 e. The molecule has 0 bridgehead atoms. The zero-order chi connectivity index (χ0) is 16.0. The van der Waals surface area contributed by atoms with Gasteiger partial charge in [-0.15, -0.1) is 0 Å². The summed E-state index contributed by atoms with van der Waals surface area (Å²) in [7, 11) is 0. The van der Waals surface area contributed by atoms with Crippen LogP contribution in [0.15, 0.2) is 36.4 Å². The second-order valence-electron chi connectivity index (χ2n) is 4.22. The fourth-order valence-electron chi connectivity index (χ4n) is 1.29. The number of halogens is 3. The Hall–Kier alpha value is -2.31. The quantitative estimate of drug-likeness (QED) is 0.620. The number of esters is 2. The Morgan fingerprint density at radius 3 is 2.48 bits per heavy atom. The third-order valence-corrected chi connectivity index (χ3v) is 2.32. The standard InChI is InChI=1S/C14H13F3O4/c1-9(2)13(19)21-8-12(18)20-7-10-4-3-5-11(6-10)14(15,16)17/h3-6H,1,7-8H2,2H3. The second-order valence-corrected chi connectivity index (χ2v) is 4.22. The fourth-order valence-corrected chi connectivity index (χ4v) is 1.29. The van der Waals surface area contributed by atoms with E-state index < -0.39 is 30.3 Å². The molecule has 0 aliphatic heterocycles. The van der Waals surface area contributed by atoms with Gasteiger partial charge >= 0.3 is 18.1 Å². The first-order valence-corrected chi connectivity index (χ1v) is 5.84. The highest BCUT2D eigenvalue weighted by molar-refractivity contribution is 5.88. The normalized spacial score (nSPS) is 10.9. The van der Waals surface area contributed by atoms with Crippen molar-refractivity contribution in [2.24, 2.45) is 0 Å². The van der Waals surface area contributed by atoms with Crippen LogP contribution in [-0.4, -0.2) is 18.5 Å². The molecular formula is C14H13F3O4. The Bertz CT molecular complexity index is 549. The van der Waals surface area contributed by atoms with Crippen molar-refractivity contribution in [2.45, 2.75) is 19.7 Å². The van der Waals surface area contributed by atoms with Gasteiger partial charge in [-0.25, -0.2) is 9.59 Å². The van der Waals surface area contributed by atoms with Gasteiger partial charge in [0.2, 0.25) is 0 Å². The molecule has 114 valence electrons. The predicted molar refractivity (Wildman–Crippen MR) is 67.0 cm³/mol. The molecule has 0 saturated heterocycles. The van der Waals surface area contributed by atoms with Crippen LogP contribution in [0, 0.1) is 0 Å². The van der Waals surface area contributed by atoms with E-state index in [1.54, 1.807) is 0 Å². The van der Waals surface area contributed by atoms with E-state index in [2.05, 4.69) is 11.3 Å². The lowest BCUT2D eigenvalue weighted by Gasteiger charge is -2.09. The second kappa shape index (κ2) is 6.92. The third-order valence-electron chi connectivity index (χ3n) is 2.32. The van der Waals surface area contributed by atoms with Crippen LogP contribution in [0.3, 0.4) is 0 Å². The Labute approximate surface area is 119 Å². The van der Waals surface area contributed by atoms with Gasteiger partial charge in [-0.2, -0.15) is 13.2 Å². The zero-order valence-corrected chi connectivity index (χ0v) is 11.2. The monoisotopic (exact) mass is 302 g/mol. The number of ether oxygens (including phenoxy) is 2. The summed E-state index contributed by atoms with van der Waals surface area (Å²) in [5, 5.41) is 0. The molecule has 1 aromatic carbocycles. The molecule has 0 aliphatic rings. The Morgan fingerprint density at radius 1 is 1.24 bits per heavy atom. The fraction of sp³-hybridized carbons (Fsp3) is 0.286. The van der Waals surface area contributed by atoms with Crippen LogP contribution in [0.1, 0.15) is 18.1 Å². The molecule has 0 radical (unpaired) electrons. The molecular weight excluding hydrogens is 289 g/mol. The van der Waals surface area contributed by atoms with Gasteiger partial charge < -0.3 is 9.47 Å². The van der Waals surface area contributed by atoms with Gasteiger partial charge in [0.25, 0.3) is 0 Å². The number of hydrogen-bond acceptors (Lipinski definition) is 4. The SMILES string of the molecule is C=C(C)C(=O)OCC(=O)OCc1cccc(C(F)(F)F)c1. The number of benzene rings is 1. The summed E-state index contributed by atoms with van der Waals surface area (Å²) in [6.07, 6.45) is -4.46. The summed E-state index contributed by atoms with van der Waals surface area (Å²) < 4.78 is 46.7. The summed E-state index contributed by atoms with van der Waals surface area (Å²) in [6, 6.07) is 4.41. The Morgan fingerprint density at radius 2 is 1.90 bits per heavy atom. The van der Waals surface area contributed by atoms with Gasteiger partial charge in [0, 0.05) is 5.57 Å². The Kier molecular flexibility index (Phi) is 5.52. The predicted octanol–water partition coefficient (Wildman–Crippen LogP) is 2.87. The van der Waals surface area contributed by atoms with Gasteiger partial charge in [-0.3, -0.25) is 0 Å². The molecule has 7 heteroatoms. The molecule has 1 aromatic rings. The lowest BCUT2D eigenvalue weighted by Crippen LogP contribution is -2.16. The van der Waals surface area contributed by atoms with Crippen LogP contribution in [0.4, 0.5) is 13.2 Å². The average Bonchev–Trinajstić information content (AvgIpc) is 2.41. The molecule has 0 fully saturated rings. The first kappa shape index (κ1) is 16.7. The highest BCUT2D eigenvalue weighted by atomic mass is 19.4. The summed E-state index contributed by atoms with van der Waals surface area (Å²) in [6.45, 7) is 3.78. The maximum atomic E-state index is 12.5. The topological polar surface area (TPSA) is 52.6 Å². The van der Waals surface area contributed by atoms with E-state index in [0.717, 1.165) is 12.1 Å². The third kappa shape index (κ3) is 5.68. The van der Waals surface area contributed by atoms with Crippen LogP contribution in [0.25, 0.3) is 0 Å². The van der Waals surface area contributed by atoms with Crippen molar-refractivity contribution < 1.29 is 32.2 Å². The van der Waals surface area contributed by atoms with Crippen molar-refractivity contribution in [3.63, 3.8) is 0 Å².